The average Bonchev–Trinajstić information content (AvgIpc) is 2.61. The molecule has 1 aromatic heterocycles. The molecular weight excluding hydrogens is 191 g/mol. The summed E-state index contributed by atoms with van der Waals surface area (Å²) >= 11 is 0. The van der Waals surface area contributed by atoms with Gasteiger partial charge in [-0.3, -0.25) is 0 Å². The number of furan rings is 1. The van der Waals surface area contributed by atoms with Crippen molar-refractivity contribution >= 4 is 29.8 Å². The molecule has 0 saturated carbocycles. The molecule has 1 heterocycles. The minimum atomic E-state index is -1.55. The summed E-state index contributed by atoms with van der Waals surface area (Å²) < 4.78 is 5.24. The lowest BCUT2D eigenvalue weighted by atomic mass is 9.88. The fraction of sp³-hybridized carbons (Fsp3) is 0.0909. The molecule has 2 rings (SSSR count). The van der Waals surface area contributed by atoms with Gasteiger partial charge in [0.2, 0.25) is 0 Å². The Morgan fingerprint density at radius 3 is 2.73 bits per heavy atom. The van der Waals surface area contributed by atoms with Gasteiger partial charge in [-0.15, -0.1) is 0 Å². The van der Waals surface area contributed by atoms with E-state index >= 15 is 0 Å². The van der Waals surface area contributed by atoms with Gasteiger partial charge < -0.3 is 14.5 Å². The molecule has 0 aliphatic rings. The zero-order valence-electron chi connectivity index (χ0n) is 8.34. The van der Waals surface area contributed by atoms with E-state index < -0.39 is 7.12 Å². The Kier molecular flexibility index (Phi) is 2.62. The highest BCUT2D eigenvalue weighted by Gasteiger charge is 2.16. The van der Waals surface area contributed by atoms with E-state index in [1.807, 2.05) is 37.3 Å². The standard InChI is InChI=1S/C11H11BO3/c1-2-3-8-4-5-10-9(6-8)7-11(15-10)12(13)14/h2-7,13-14H,1H3/b3-2+. The van der Waals surface area contributed by atoms with Gasteiger partial charge in [0.1, 0.15) is 11.2 Å². The second kappa shape index (κ2) is 3.92. The number of fused-ring (bicyclic) bond motifs is 1. The van der Waals surface area contributed by atoms with Gasteiger partial charge in [0.05, 0.1) is 0 Å². The minimum absolute atomic E-state index is 0.169. The third kappa shape index (κ3) is 1.96. The quantitative estimate of drug-likeness (QED) is 0.718. The van der Waals surface area contributed by atoms with Crippen molar-refractivity contribution in [2.45, 2.75) is 6.92 Å². The van der Waals surface area contributed by atoms with Crippen molar-refractivity contribution in [3.8, 4) is 0 Å². The number of allylic oxidation sites excluding steroid dienone is 1. The van der Waals surface area contributed by atoms with Crippen LogP contribution in [-0.2, 0) is 0 Å². The smallest absolute Gasteiger partial charge is 0.465 e. The van der Waals surface area contributed by atoms with Crippen LogP contribution in [0.25, 0.3) is 17.0 Å². The Morgan fingerprint density at radius 1 is 1.27 bits per heavy atom. The van der Waals surface area contributed by atoms with Crippen molar-refractivity contribution in [2.24, 2.45) is 0 Å². The molecule has 3 nitrogen and oxygen atoms in total. The molecule has 0 spiro atoms. The molecule has 0 amide bonds. The van der Waals surface area contributed by atoms with E-state index in [0.29, 0.717) is 5.58 Å². The van der Waals surface area contributed by atoms with Crippen molar-refractivity contribution in [3.63, 3.8) is 0 Å². The third-order valence-corrected chi connectivity index (χ3v) is 2.17. The molecule has 0 atom stereocenters. The molecule has 0 aliphatic heterocycles. The van der Waals surface area contributed by atoms with Crippen molar-refractivity contribution in [1.29, 1.82) is 0 Å². The first-order valence-electron chi connectivity index (χ1n) is 4.73. The first kappa shape index (κ1) is 10.0. The van der Waals surface area contributed by atoms with Gasteiger partial charge in [-0.05, 0) is 30.7 Å². The molecule has 0 fully saturated rings. The van der Waals surface area contributed by atoms with E-state index in [1.54, 1.807) is 6.07 Å². The molecule has 76 valence electrons. The molecule has 15 heavy (non-hydrogen) atoms. The SMILES string of the molecule is C/C=C/c1ccc2oc(B(O)O)cc2c1. The van der Waals surface area contributed by atoms with Crippen molar-refractivity contribution in [3.05, 3.63) is 35.9 Å². The maximum absolute atomic E-state index is 8.95. The Bertz CT molecular complexity index is 500. The van der Waals surface area contributed by atoms with Gasteiger partial charge in [0, 0.05) is 5.39 Å². The van der Waals surface area contributed by atoms with Gasteiger partial charge in [-0.2, -0.15) is 0 Å². The van der Waals surface area contributed by atoms with Crippen LogP contribution in [0, 0.1) is 0 Å². The molecule has 4 heteroatoms. The summed E-state index contributed by atoms with van der Waals surface area (Å²) in [5.41, 5.74) is 1.89. The summed E-state index contributed by atoms with van der Waals surface area (Å²) in [6, 6.07) is 7.30. The second-order valence-corrected chi connectivity index (χ2v) is 3.32. The van der Waals surface area contributed by atoms with Crippen molar-refractivity contribution in [1.82, 2.24) is 0 Å². The van der Waals surface area contributed by atoms with Gasteiger partial charge >= 0.3 is 7.12 Å². The van der Waals surface area contributed by atoms with E-state index in [1.165, 1.54) is 0 Å². The Labute approximate surface area is 87.8 Å². The molecule has 0 unspecified atom stereocenters. The van der Waals surface area contributed by atoms with E-state index in [4.69, 9.17) is 14.5 Å². The van der Waals surface area contributed by atoms with Crippen LogP contribution in [0.3, 0.4) is 0 Å². The third-order valence-electron chi connectivity index (χ3n) is 2.17. The minimum Gasteiger partial charge on any atom is -0.465 e. The van der Waals surface area contributed by atoms with E-state index in [2.05, 4.69) is 0 Å². The van der Waals surface area contributed by atoms with Crippen LogP contribution >= 0.6 is 0 Å². The van der Waals surface area contributed by atoms with Crippen molar-refractivity contribution < 1.29 is 14.5 Å². The monoisotopic (exact) mass is 202 g/mol. The summed E-state index contributed by atoms with van der Waals surface area (Å²) in [7, 11) is -1.55. The largest absolute Gasteiger partial charge is 0.526 e. The number of rotatable bonds is 2. The molecule has 0 aliphatic carbocycles. The average molecular weight is 202 g/mol. The lowest BCUT2D eigenvalue weighted by molar-refractivity contribution is 0.412. The summed E-state index contributed by atoms with van der Waals surface area (Å²) in [4.78, 5) is 0. The van der Waals surface area contributed by atoms with Crippen LogP contribution in [0.2, 0.25) is 0 Å². The first-order valence-corrected chi connectivity index (χ1v) is 4.73. The summed E-state index contributed by atoms with van der Waals surface area (Å²) in [5, 5.41) is 18.8. The van der Waals surface area contributed by atoms with Crippen LogP contribution < -0.4 is 5.66 Å². The number of hydrogen-bond acceptors (Lipinski definition) is 3. The zero-order valence-corrected chi connectivity index (χ0v) is 8.34. The number of benzene rings is 1. The fourth-order valence-electron chi connectivity index (χ4n) is 1.51. The second-order valence-electron chi connectivity index (χ2n) is 3.32. The predicted octanol–water partition coefficient (Wildman–Crippen LogP) is 1.15. The zero-order chi connectivity index (χ0) is 10.8. The van der Waals surface area contributed by atoms with E-state index in [0.717, 1.165) is 10.9 Å². The van der Waals surface area contributed by atoms with E-state index in [9.17, 15) is 0 Å². The lowest BCUT2D eigenvalue weighted by Crippen LogP contribution is -2.27. The highest BCUT2D eigenvalue weighted by molar-refractivity contribution is 6.57. The Hall–Kier alpha value is -1.52. The molecular formula is C11H11BO3. The molecule has 0 radical (unpaired) electrons. The topological polar surface area (TPSA) is 53.6 Å². The van der Waals surface area contributed by atoms with Gasteiger partial charge in [0.15, 0.2) is 0 Å². The molecule has 2 N–H and O–H groups in total. The van der Waals surface area contributed by atoms with Crippen LogP contribution in [0.15, 0.2) is 34.8 Å². The first-order chi connectivity index (χ1) is 7.20. The Morgan fingerprint density at radius 2 is 2.07 bits per heavy atom. The van der Waals surface area contributed by atoms with Crippen molar-refractivity contribution in [2.75, 3.05) is 0 Å². The van der Waals surface area contributed by atoms with Crippen LogP contribution in [0.4, 0.5) is 0 Å². The predicted molar refractivity (Wildman–Crippen MR) is 60.7 cm³/mol. The Balaban J connectivity index is 2.52. The van der Waals surface area contributed by atoms with Gasteiger partial charge in [-0.1, -0.05) is 18.2 Å². The molecule has 0 bridgehead atoms. The highest BCUT2D eigenvalue weighted by Crippen LogP contribution is 2.16. The highest BCUT2D eigenvalue weighted by atomic mass is 16.4. The molecule has 1 aromatic carbocycles. The van der Waals surface area contributed by atoms with Crippen LogP contribution in [0.1, 0.15) is 12.5 Å². The number of hydrogen-bond donors (Lipinski definition) is 2. The molecule has 0 saturated heterocycles. The summed E-state index contributed by atoms with van der Waals surface area (Å²) in [6.45, 7) is 1.95. The normalized spacial score (nSPS) is 11.4. The fourth-order valence-corrected chi connectivity index (χ4v) is 1.51. The molecule has 2 aromatic rings. The maximum Gasteiger partial charge on any atom is 0.526 e. The van der Waals surface area contributed by atoms with Gasteiger partial charge in [0.25, 0.3) is 0 Å². The van der Waals surface area contributed by atoms with E-state index in [-0.39, 0.29) is 5.66 Å². The summed E-state index contributed by atoms with van der Waals surface area (Å²) in [5.74, 6) is 0. The van der Waals surface area contributed by atoms with Gasteiger partial charge in [-0.25, -0.2) is 0 Å². The maximum atomic E-state index is 8.95. The van der Waals surface area contributed by atoms with Crippen LogP contribution in [-0.4, -0.2) is 17.2 Å². The van der Waals surface area contributed by atoms with Crippen LogP contribution in [0.5, 0.6) is 0 Å². The lowest BCUT2D eigenvalue weighted by Gasteiger charge is -1.92. The summed E-state index contributed by atoms with van der Waals surface area (Å²) in [6.07, 6.45) is 3.92.